The van der Waals surface area contributed by atoms with Gasteiger partial charge in [-0.2, -0.15) is 13.2 Å². The SMILES string of the molecule is C=C(N=CN(C)c1ccc(CN2C(=O)C(N)CC(F)(F)c3cc(F)c(-c4nnc(C(C)(C)C)o4)cc32)cc1)C(F)(F)F.C=C=O.CC. The highest BCUT2D eigenvalue weighted by atomic mass is 19.4. The Kier molecular flexibility index (Phi) is 12.5. The van der Waals surface area contributed by atoms with Crippen molar-refractivity contribution in [2.45, 2.75) is 71.1 Å². The van der Waals surface area contributed by atoms with Crippen LogP contribution in [0.25, 0.3) is 11.5 Å². The van der Waals surface area contributed by atoms with Crippen LogP contribution >= 0.6 is 0 Å². The molecule has 2 aromatic carbocycles. The molecule has 15 heteroatoms. The van der Waals surface area contributed by atoms with Gasteiger partial charge in [0.25, 0.3) is 11.8 Å². The van der Waals surface area contributed by atoms with Crippen LogP contribution in [0.15, 0.2) is 64.7 Å². The maximum atomic E-state index is 15.2. The number of benzene rings is 2. The minimum absolute atomic E-state index is 0.199. The van der Waals surface area contributed by atoms with Crippen LogP contribution in [0.3, 0.4) is 0 Å². The fraction of sp³-hybridized carbons (Fsp3) is 0.375. The third-order valence-corrected chi connectivity index (χ3v) is 6.53. The van der Waals surface area contributed by atoms with Crippen molar-refractivity contribution in [2.24, 2.45) is 10.7 Å². The molecule has 1 amide bonds. The summed E-state index contributed by atoms with van der Waals surface area (Å²) in [6.45, 7) is 14.7. The molecule has 1 aliphatic rings. The van der Waals surface area contributed by atoms with E-state index in [1.807, 2.05) is 13.8 Å². The van der Waals surface area contributed by atoms with E-state index in [9.17, 15) is 18.0 Å². The average Bonchev–Trinajstić information content (AvgIpc) is 3.48. The maximum absolute atomic E-state index is 15.2. The van der Waals surface area contributed by atoms with Crippen LogP contribution < -0.4 is 15.5 Å². The summed E-state index contributed by atoms with van der Waals surface area (Å²) in [4.78, 5) is 27.5. The van der Waals surface area contributed by atoms with E-state index in [4.69, 9.17) is 14.9 Å². The Labute approximate surface area is 268 Å². The largest absolute Gasteiger partial charge is 0.432 e. The van der Waals surface area contributed by atoms with Gasteiger partial charge >= 0.3 is 6.18 Å². The first-order chi connectivity index (χ1) is 21.8. The van der Waals surface area contributed by atoms with Gasteiger partial charge in [-0.3, -0.25) is 4.79 Å². The highest BCUT2D eigenvalue weighted by Crippen LogP contribution is 2.45. The number of aliphatic imine (C=N–C) groups is 1. The third-order valence-electron chi connectivity index (χ3n) is 6.53. The number of nitrogens with zero attached hydrogens (tertiary/aromatic N) is 5. The molecule has 0 radical (unpaired) electrons. The lowest BCUT2D eigenvalue weighted by Gasteiger charge is -2.26. The van der Waals surface area contributed by atoms with Gasteiger partial charge in [-0.15, -0.1) is 10.2 Å². The van der Waals surface area contributed by atoms with E-state index in [-0.39, 0.29) is 29.6 Å². The third kappa shape index (κ3) is 9.39. The number of carbonyl (C=O) groups is 1. The van der Waals surface area contributed by atoms with Gasteiger partial charge in [0.15, 0.2) is 0 Å². The second-order valence-corrected chi connectivity index (χ2v) is 11.1. The summed E-state index contributed by atoms with van der Waals surface area (Å²) in [6.07, 6.45) is -4.76. The molecule has 2 N–H and O–H groups in total. The van der Waals surface area contributed by atoms with E-state index in [2.05, 4.69) is 28.3 Å². The van der Waals surface area contributed by atoms with Gasteiger partial charge in [0.05, 0.1) is 30.2 Å². The molecule has 0 bridgehead atoms. The molecule has 4 rings (SSSR count). The van der Waals surface area contributed by atoms with Crippen LogP contribution in [-0.2, 0) is 27.5 Å². The predicted octanol–water partition coefficient (Wildman–Crippen LogP) is 7.10. The topological polar surface area (TPSA) is 118 Å². The van der Waals surface area contributed by atoms with Gasteiger partial charge in [0.1, 0.15) is 17.5 Å². The summed E-state index contributed by atoms with van der Waals surface area (Å²) in [7, 11) is 1.47. The molecule has 0 aliphatic carbocycles. The van der Waals surface area contributed by atoms with Gasteiger partial charge in [0.2, 0.25) is 11.8 Å². The second kappa shape index (κ2) is 15.2. The van der Waals surface area contributed by atoms with E-state index in [1.54, 1.807) is 32.9 Å². The van der Waals surface area contributed by atoms with E-state index < -0.39 is 53.0 Å². The second-order valence-electron chi connectivity index (χ2n) is 11.1. The number of alkyl halides is 5. The van der Waals surface area contributed by atoms with Crippen LogP contribution in [0.2, 0.25) is 0 Å². The molecular weight excluding hydrogens is 630 g/mol. The van der Waals surface area contributed by atoms with Crippen LogP contribution in [0.4, 0.5) is 37.7 Å². The normalized spacial score (nSPS) is 15.8. The maximum Gasteiger partial charge on any atom is 0.432 e. The zero-order valence-corrected chi connectivity index (χ0v) is 26.8. The van der Waals surface area contributed by atoms with Crippen molar-refractivity contribution in [3.8, 4) is 11.5 Å². The summed E-state index contributed by atoms with van der Waals surface area (Å²) >= 11 is 0. The smallest absolute Gasteiger partial charge is 0.420 e. The van der Waals surface area contributed by atoms with Crippen LogP contribution in [-0.4, -0.2) is 47.7 Å². The fourth-order valence-corrected chi connectivity index (χ4v) is 4.15. The molecule has 1 aliphatic heterocycles. The number of hydrogen-bond acceptors (Lipinski definition) is 7. The van der Waals surface area contributed by atoms with Gasteiger partial charge in [0, 0.05) is 30.1 Å². The first kappa shape index (κ1) is 38.4. The van der Waals surface area contributed by atoms with E-state index in [0.29, 0.717) is 17.3 Å². The molecule has 9 nitrogen and oxygen atoms in total. The van der Waals surface area contributed by atoms with Crippen molar-refractivity contribution < 1.29 is 40.3 Å². The Balaban J connectivity index is 0.00000145. The van der Waals surface area contributed by atoms with Crippen molar-refractivity contribution >= 4 is 29.6 Å². The Morgan fingerprint density at radius 3 is 2.28 bits per heavy atom. The van der Waals surface area contributed by atoms with Crippen molar-refractivity contribution in [3.63, 3.8) is 0 Å². The van der Waals surface area contributed by atoms with Crippen molar-refractivity contribution in [1.29, 1.82) is 0 Å². The molecule has 254 valence electrons. The van der Waals surface area contributed by atoms with Gasteiger partial charge in [-0.1, -0.05) is 53.3 Å². The molecule has 0 fully saturated rings. The molecular formula is C32H36F6N6O3. The lowest BCUT2D eigenvalue weighted by molar-refractivity contribution is -0.122. The molecule has 2 heterocycles. The monoisotopic (exact) mass is 666 g/mol. The van der Waals surface area contributed by atoms with Gasteiger partial charge in [-0.05, 0) is 36.4 Å². The van der Waals surface area contributed by atoms with Gasteiger partial charge in [-0.25, -0.2) is 23.0 Å². The van der Waals surface area contributed by atoms with Crippen LogP contribution in [0.5, 0.6) is 0 Å². The highest BCUT2D eigenvalue weighted by Gasteiger charge is 2.45. The molecule has 0 saturated carbocycles. The highest BCUT2D eigenvalue weighted by molar-refractivity contribution is 5.99. The number of hydrogen-bond donors (Lipinski definition) is 1. The van der Waals surface area contributed by atoms with E-state index >= 15 is 13.2 Å². The minimum atomic E-state index is -4.67. The first-order valence-electron chi connectivity index (χ1n) is 14.2. The molecule has 1 atom stereocenters. The lowest BCUT2D eigenvalue weighted by atomic mass is 9.97. The van der Waals surface area contributed by atoms with Crippen molar-refractivity contribution in [1.82, 2.24) is 10.2 Å². The molecule has 47 heavy (non-hydrogen) atoms. The number of rotatable bonds is 6. The zero-order chi connectivity index (χ0) is 35.9. The standard InChI is InChI=1S/C28H28F6N6O2.C2H2O.C2H6/c1-15(28(32,33)34)36-14-39(5)17-8-6-16(7-9-17)13-40-22-10-18(23-37-38-25(42-23)26(2,3)4)20(29)11-19(22)27(30,31)12-21(35)24(40)41;1-2-3;1-2/h6-11,14,21H,1,12-13,35H2,2-5H3;1H2;1-2H3. The van der Waals surface area contributed by atoms with Crippen LogP contribution in [0.1, 0.15) is 58.1 Å². The van der Waals surface area contributed by atoms with Crippen molar-refractivity contribution in [2.75, 3.05) is 16.8 Å². The number of nitrogens with two attached hydrogens (primary N) is 1. The molecule has 1 aromatic heterocycles. The zero-order valence-electron chi connectivity index (χ0n) is 26.8. The van der Waals surface area contributed by atoms with Crippen molar-refractivity contribution in [3.05, 3.63) is 78.1 Å². The predicted molar refractivity (Wildman–Crippen MR) is 167 cm³/mol. The summed E-state index contributed by atoms with van der Waals surface area (Å²) in [6, 6.07) is 6.32. The Bertz CT molecular complexity index is 1620. The number of anilines is 2. The minimum Gasteiger partial charge on any atom is -0.420 e. The number of allylic oxidation sites excluding steroid dienone is 1. The number of carbonyl (C=O) groups excluding carboxylic acids is 2. The molecule has 3 aromatic rings. The molecule has 0 spiro atoms. The van der Waals surface area contributed by atoms with Gasteiger partial charge < -0.3 is 20.0 Å². The lowest BCUT2D eigenvalue weighted by Crippen LogP contribution is -2.43. The quantitative estimate of drug-likeness (QED) is 0.129. The molecule has 1 unspecified atom stereocenters. The summed E-state index contributed by atoms with van der Waals surface area (Å²) < 4.78 is 89.3. The number of amides is 1. The first-order valence-corrected chi connectivity index (χ1v) is 14.2. The number of fused-ring (bicyclic) bond motifs is 1. The number of halogens is 6. The number of aromatic nitrogens is 2. The Hall–Kier alpha value is -4.75. The summed E-state index contributed by atoms with van der Waals surface area (Å²) in [5.41, 5.74) is 3.67. The fourth-order valence-electron chi connectivity index (χ4n) is 4.15. The van der Waals surface area contributed by atoms with E-state index in [1.165, 1.54) is 30.0 Å². The summed E-state index contributed by atoms with van der Waals surface area (Å²) in [5, 5.41) is 7.80. The van der Waals surface area contributed by atoms with Crippen LogP contribution in [0, 0.1) is 5.82 Å². The summed E-state index contributed by atoms with van der Waals surface area (Å²) in [5.74, 6) is -4.28. The molecule has 0 saturated heterocycles. The Morgan fingerprint density at radius 2 is 1.77 bits per heavy atom. The Morgan fingerprint density at radius 1 is 1.19 bits per heavy atom. The average molecular weight is 667 g/mol. The van der Waals surface area contributed by atoms with E-state index in [0.717, 1.165) is 17.3 Å².